The molecule has 34 heavy (non-hydrogen) atoms. The van der Waals surface area contributed by atoms with Gasteiger partial charge in [0, 0.05) is 25.9 Å². The van der Waals surface area contributed by atoms with Crippen molar-refractivity contribution in [1.29, 1.82) is 0 Å². The fourth-order valence-corrected chi connectivity index (χ4v) is 6.34. The third-order valence-electron chi connectivity index (χ3n) is 8.01. The molecular weight excluding hydrogens is 434 g/mol. The molecule has 2 bridgehead atoms. The Morgan fingerprint density at radius 3 is 2.59 bits per heavy atom. The van der Waals surface area contributed by atoms with Crippen LogP contribution in [0.3, 0.4) is 0 Å². The van der Waals surface area contributed by atoms with Gasteiger partial charge in [-0.1, -0.05) is 25.0 Å². The van der Waals surface area contributed by atoms with Crippen LogP contribution in [0, 0.1) is 25.7 Å². The van der Waals surface area contributed by atoms with Crippen LogP contribution in [0.5, 0.6) is 0 Å². The molecule has 0 aliphatic carbocycles. The first kappa shape index (κ1) is 24.7. The molecule has 3 amide bonds. The van der Waals surface area contributed by atoms with Gasteiger partial charge >= 0.3 is 0 Å². The number of likely N-dealkylation sites (tertiary alicyclic amines) is 1. The number of anilines is 1. The van der Waals surface area contributed by atoms with Crippen LogP contribution in [0.15, 0.2) is 18.2 Å². The van der Waals surface area contributed by atoms with Crippen LogP contribution in [0.1, 0.15) is 56.6 Å². The molecular formula is C26H37N3O5. The molecule has 1 aromatic rings. The Balaban J connectivity index is 1.67. The number of fused-ring (bicyclic) bond motifs is 1. The Labute approximate surface area is 201 Å². The molecule has 4 rings (SSSR count). The van der Waals surface area contributed by atoms with Crippen molar-refractivity contribution in [2.45, 2.75) is 76.5 Å². The van der Waals surface area contributed by atoms with Crippen molar-refractivity contribution in [2.24, 2.45) is 11.8 Å². The zero-order valence-corrected chi connectivity index (χ0v) is 20.6. The Bertz CT molecular complexity index is 981. The van der Waals surface area contributed by atoms with E-state index < -0.39 is 29.1 Å². The molecule has 8 heteroatoms. The quantitative estimate of drug-likeness (QED) is 0.479. The lowest BCUT2D eigenvalue weighted by molar-refractivity contribution is -0.144. The lowest BCUT2D eigenvalue weighted by Crippen LogP contribution is -2.53. The summed E-state index contributed by atoms with van der Waals surface area (Å²) in [6, 6.07) is 5.10. The first-order valence-electron chi connectivity index (χ1n) is 12.4. The van der Waals surface area contributed by atoms with E-state index in [1.807, 2.05) is 39.0 Å². The number of nitrogens with one attached hydrogen (secondary N) is 2. The maximum atomic E-state index is 13.8. The van der Waals surface area contributed by atoms with Crippen LogP contribution in [0.25, 0.3) is 0 Å². The van der Waals surface area contributed by atoms with Gasteiger partial charge in [-0.3, -0.25) is 14.4 Å². The number of aryl methyl sites for hydroxylation is 2. The highest BCUT2D eigenvalue weighted by molar-refractivity contribution is 6.04. The van der Waals surface area contributed by atoms with Crippen molar-refractivity contribution in [1.82, 2.24) is 10.2 Å². The summed E-state index contributed by atoms with van der Waals surface area (Å²) < 4.78 is 6.56. The summed E-state index contributed by atoms with van der Waals surface area (Å²) in [5.41, 5.74) is 0.938. The number of benzene rings is 1. The lowest BCUT2D eigenvalue weighted by Gasteiger charge is -2.33. The molecule has 0 radical (unpaired) electrons. The van der Waals surface area contributed by atoms with Crippen molar-refractivity contribution in [3.8, 4) is 0 Å². The molecule has 3 aliphatic rings. The minimum Gasteiger partial charge on any atom is -0.396 e. The van der Waals surface area contributed by atoms with Gasteiger partial charge in [-0.05, 0) is 63.6 Å². The smallest absolute Gasteiger partial charge is 0.250 e. The van der Waals surface area contributed by atoms with Crippen LogP contribution >= 0.6 is 0 Å². The van der Waals surface area contributed by atoms with E-state index >= 15 is 0 Å². The average molecular weight is 472 g/mol. The van der Waals surface area contributed by atoms with E-state index in [2.05, 4.69) is 10.6 Å². The molecule has 3 saturated heterocycles. The predicted octanol–water partition coefficient (Wildman–Crippen LogP) is 2.31. The average Bonchev–Trinajstić information content (AvgIpc) is 3.36. The van der Waals surface area contributed by atoms with Crippen LogP contribution in [-0.2, 0) is 19.1 Å². The minimum absolute atomic E-state index is 0.148. The number of rotatable bonds is 9. The molecule has 0 saturated carbocycles. The molecule has 3 N–H and O–H groups in total. The fourth-order valence-electron chi connectivity index (χ4n) is 6.34. The number of unbranched alkanes of at least 4 members (excludes halogenated alkanes) is 3. The highest BCUT2D eigenvalue weighted by atomic mass is 16.5. The third kappa shape index (κ3) is 3.90. The van der Waals surface area contributed by atoms with Gasteiger partial charge in [0.2, 0.25) is 17.7 Å². The number of amides is 3. The van der Waals surface area contributed by atoms with Crippen molar-refractivity contribution in [3.63, 3.8) is 0 Å². The van der Waals surface area contributed by atoms with E-state index in [9.17, 15) is 14.4 Å². The predicted molar refractivity (Wildman–Crippen MR) is 128 cm³/mol. The maximum Gasteiger partial charge on any atom is 0.250 e. The zero-order chi connectivity index (χ0) is 24.7. The van der Waals surface area contributed by atoms with Gasteiger partial charge in [-0.15, -0.1) is 0 Å². The molecule has 0 aromatic heterocycles. The molecule has 3 heterocycles. The summed E-state index contributed by atoms with van der Waals surface area (Å²) in [4.78, 5) is 42.2. The maximum absolute atomic E-state index is 13.8. The summed E-state index contributed by atoms with van der Waals surface area (Å²) in [5.74, 6) is -1.92. The molecule has 3 fully saturated rings. The second-order valence-corrected chi connectivity index (χ2v) is 10.3. The summed E-state index contributed by atoms with van der Waals surface area (Å²) in [6.45, 7) is 6.38. The molecule has 3 aliphatic heterocycles. The van der Waals surface area contributed by atoms with E-state index in [0.717, 1.165) is 42.5 Å². The van der Waals surface area contributed by atoms with Gasteiger partial charge in [-0.25, -0.2) is 0 Å². The van der Waals surface area contributed by atoms with Gasteiger partial charge in [0.05, 0.1) is 17.4 Å². The van der Waals surface area contributed by atoms with E-state index in [0.29, 0.717) is 19.4 Å². The SMILES string of the molecule is CNC(=O)[C@H]1[C@H]2C(=O)N(CCCCCCO)C(C(=O)Nc3cc(C)ccc3C)C23CC[C@]1(C)O3. The standard InChI is InChI=1S/C26H37N3O5/c1-16-9-10-17(2)18(15-16)28-23(32)21-26-12-11-25(3,34-26)19(22(31)27-4)20(26)24(33)29(21)13-7-5-6-8-14-30/h9-10,15,19-21,30H,5-8,11-14H2,1-4H3,(H,27,31)(H,28,32)/t19-,20+,21?,25+,26?/m1/s1. The number of aliphatic hydroxyl groups is 1. The van der Waals surface area contributed by atoms with E-state index in [4.69, 9.17) is 9.84 Å². The van der Waals surface area contributed by atoms with Crippen molar-refractivity contribution in [3.05, 3.63) is 29.3 Å². The van der Waals surface area contributed by atoms with Crippen molar-refractivity contribution in [2.75, 3.05) is 25.5 Å². The van der Waals surface area contributed by atoms with Crippen LogP contribution < -0.4 is 10.6 Å². The van der Waals surface area contributed by atoms with Gasteiger partial charge in [0.25, 0.3) is 0 Å². The highest BCUT2D eigenvalue weighted by Gasteiger charge is 2.77. The topological polar surface area (TPSA) is 108 Å². The van der Waals surface area contributed by atoms with Crippen LogP contribution in [0.4, 0.5) is 5.69 Å². The summed E-state index contributed by atoms with van der Waals surface area (Å²) in [7, 11) is 1.58. The highest BCUT2D eigenvalue weighted by Crippen LogP contribution is 2.63. The van der Waals surface area contributed by atoms with Gasteiger partial charge in [0.1, 0.15) is 11.6 Å². The molecule has 2 unspecified atom stereocenters. The van der Waals surface area contributed by atoms with Crippen molar-refractivity contribution < 1.29 is 24.2 Å². The first-order valence-corrected chi connectivity index (χ1v) is 12.4. The van der Waals surface area contributed by atoms with Crippen LogP contribution in [-0.4, -0.2) is 65.2 Å². The van der Waals surface area contributed by atoms with E-state index in [-0.39, 0.29) is 24.3 Å². The second kappa shape index (κ2) is 9.30. The number of carbonyl (C=O) groups is 3. The number of aliphatic hydroxyl groups excluding tert-OH is 1. The van der Waals surface area contributed by atoms with E-state index in [1.54, 1.807) is 11.9 Å². The van der Waals surface area contributed by atoms with Gasteiger partial charge in [-0.2, -0.15) is 0 Å². The lowest BCUT2D eigenvalue weighted by atomic mass is 9.66. The van der Waals surface area contributed by atoms with E-state index in [1.165, 1.54) is 0 Å². The number of ether oxygens (including phenoxy) is 1. The zero-order valence-electron chi connectivity index (χ0n) is 20.6. The number of nitrogens with zero attached hydrogens (tertiary/aromatic N) is 1. The summed E-state index contributed by atoms with van der Waals surface area (Å²) in [5, 5.41) is 14.8. The largest absolute Gasteiger partial charge is 0.396 e. The van der Waals surface area contributed by atoms with Crippen molar-refractivity contribution >= 4 is 23.4 Å². The minimum atomic E-state index is -1.00. The van der Waals surface area contributed by atoms with Gasteiger partial charge < -0.3 is 25.4 Å². The summed E-state index contributed by atoms with van der Waals surface area (Å²) in [6.07, 6.45) is 4.36. The Hall–Kier alpha value is -2.45. The molecule has 186 valence electrons. The first-order chi connectivity index (χ1) is 16.2. The Morgan fingerprint density at radius 2 is 1.88 bits per heavy atom. The van der Waals surface area contributed by atoms with Gasteiger partial charge in [0.15, 0.2) is 0 Å². The number of hydrogen-bond acceptors (Lipinski definition) is 5. The summed E-state index contributed by atoms with van der Waals surface area (Å²) >= 11 is 0. The number of hydrogen-bond donors (Lipinski definition) is 3. The molecule has 8 nitrogen and oxygen atoms in total. The molecule has 5 atom stereocenters. The Morgan fingerprint density at radius 1 is 1.15 bits per heavy atom. The monoisotopic (exact) mass is 471 g/mol. The normalized spacial score (nSPS) is 31.6. The van der Waals surface area contributed by atoms with Crippen LogP contribution in [0.2, 0.25) is 0 Å². The molecule has 1 spiro atoms. The Kier molecular flexibility index (Phi) is 6.75. The molecule has 1 aromatic carbocycles. The number of carbonyl (C=O) groups excluding carboxylic acids is 3. The second-order valence-electron chi connectivity index (χ2n) is 10.3. The fraction of sp³-hybridized carbons (Fsp3) is 0.654. The third-order valence-corrected chi connectivity index (χ3v) is 8.01.